The van der Waals surface area contributed by atoms with Crippen molar-refractivity contribution < 1.29 is 0 Å². The van der Waals surface area contributed by atoms with Crippen molar-refractivity contribution in [2.24, 2.45) is 40.3 Å². The van der Waals surface area contributed by atoms with E-state index >= 15 is 0 Å². The molecule has 5 aliphatic carbocycles. The fraction of sp³-hybridized carbons (Fsp3) is 1.00. The first kappa shape index (κ1) is 14.5. The van der Waals surface area contributed by atoms with Crippen LogP contribution in [0.4, 0.5) is 0 Å². The van der Waals surface area contributed by atoms with Crippen LogP contribution in [0.1, 0.15) is 78.1 Å². The summed E-state index contributed by atoms with van der Waals surface area (Å²) < 4.78 is 0. The minimum atomic E-state index is 0.537. The van der Waals surface area contributed by atoms with Crippen LogP contribution in [0.2, 0.25) is 0 Å². The second-order valence-electron chi connectivity index (χ2n) is 9.81. The highest BCUT2D eigenvalue weighted by molar-refractivity contribution is 5.11. The molecule has 5 fully saturated rings. The molecular formula is C19H34N2. The smallest absolute Gasteiger partial charge is 0.0295 e. The lowest BCUT2D eigenvalue weighted by Gasteiger charge is -2.64. The topological polar surface area (TPSA) is 38.0 Å². The molecule has 5 aliphatic rings. The lowest BCUT2D eigenvalue weighted by Crippen LogP contribution is -2.62. The number of nitrogens with two attached hydrogens (primary N) is 1. The summed E-state index contributed by atoms with van der Waals surface area (Å²) in [6, 6.07) is 0.588. The molecule has 5 saturated carbocycles. The predicted molar refractivity (Wildman–Crippen MR) is 87.5 cm³/mol. The Morgan fingerprint density at radius 2 is 1.76 bits per heavy atom. The average molecular weight is 290 g/mol. The zero-order chi connectivity index (χ0) is 14.7. The highest BCUT2D eigenvalue weighted by Crippen LogP contribution is 2.67. The molecular weight excluding hydrogens is 256 g/mol. The van der Waals surface area contributed by atoms with Crippen molar-refractivity contribution in [1.29, 1.82) is 0 Å². The average Bonchev–Trinajstić information content (AvgIpc) is 2.36. The maximum absolute atomic E-state index is 6.16. The molecule has 0 amide bonds. The molecule has 2 nitrogen and oxygen atoms in total. The fourth-order valence-electron chi connectivity index (χ4n) is 7.76. The predicted octanol–water partition coefficient (Wildman–Crippen LogP) is 4.25. The third-order valence-corrected chi connectivity index (χ3v) is 7.69. The summed E-state index contributed by atoms with van der Waals surface area (Å²) >= 11 is 0. The third-order valence-electron chi connectivity index (χ3n) is 7.69. The van der Waals surface area contributed by atoms with E-state index in [1.54, 1.807) is 0 Å². The van der Waals surface area contributed by atoms with Gasteiger partial charge in [-0.2, -0.15) is 0 Å². The van der Waals surface area contributed by atoms with Crippen molar-refractivity contribution in [1.82, 2.24) is 5.43 Å². The van der Waals surface area contributed by atoms with Gasteiger partial charge in [0.1, 0.15) is 0 Å². The van der Waals surface area contributed by atoms with Gasteiger partial charge < -0.3 is 0 Å². The van der Waals surface area contributed by atoms with Gasteiger partial charge in [-0.05, 0) is 85.9 Å². The maximum Gasteiger partial charge on any atom is 0.0295 e. The number of nitrogens with one attached hydrogen (secondary N) is 1. The number of hydrogen-bond acceptors (Lipinski definition) is 2. The van der Waals surface area contributed by atoms with Gasteiger partial charge in [0.15, 0.2) is 0 Å². The van der Waals surface area contributed by atoms with Crippen molar-refractivity contribution in [2.45, 2.75) is 84.1 Å². The minimum Gasteiger partial charge on any atom is -0.271 e. The zero-order valence-corrected chi connectivity index (χ0v) is 14.0. The van der Waals surface area contributed by atoms with E-state index in [-0.39, 0.29) is 0 Å². The van der Waals surface area contributed by atoms with Crippen molar-refractivity contribution in [2.75, 3.05) is 0 Å². The summed E-state index contributed by atoms with van der Waals surface area (Å²) in [5.41, 5.74) is 4.54. The van der Waals surface area contributed by atoms with Gasteiger partial charge in [-0.3, -0.25) is 11.3 Å². The van der Waals surface area contributed by atoms with Gasteiger partial charge in [0.2, 0.25) is 0 Å². The number of rotatable bonds is 3. The number of hydrogen-bond donors (Lipinski definition) is 2. The Bertz CT molecular complexity index is 390. The molecule has 2 heteroatoms. The van der Waals surface area contributed by atoms with Crippen LogP contribution in [0.15, 0.2) is 0 Å². The molecule has 5 rings (SSSR count). The Morgan fingerprint density at radius 1 is 1.05 bits per heavy atom. The Hall–Kier alpha value is -0.0800. The normalized spacial score (nSPS) is 53.9. The van der Waals surface area contributed by atoms with Crippen LogP contribution in [-0.4, -0.2) is 6.04 Å². The Balaban J connectivity index is 1.60. The molecule has 0 saturated heterocycles. The molecule has 0 aromatic carbocycles. The van der Waals surface area contributed by atoms with Crippen molar-refractivity contribution in [3.8, 4) is 0 Å². The van der Waals surface area contributed by atoms with E-state index in [2.05, 4.69) is 19.3 Å². The maximum atomic E-state index is 6.16. The van der Waals surface area contributed by atoms with Crippen LogP contribution >= 0.6 is 0 Å². The Morgan fingerprint density at radius 3 is 2.33 bits per heavy atom. The molecule has 3 N–H and O–H groups in total. The number of hydrazine groups is 1. The highest BCUT2D eigenvalue weighted by atomic mass is 15.2. The van der Waals surface area contributed by atoms with E-state index in [0.29, 0.717) is 16.9 Å². The Labute approximate surface area is 130 Å². The van der Waals surface area contributed by atoms with Gasteiger partial charge in [-0.25, -0.2) is 0 Å². The van der Waals surface area contributed by atoms with Gasteiger partial charge in [-0.1, -0.05) is 26.7 Å². The van der Waals surface area contributed by atoms with E-state index in [1.807, 2.05) is 0 Å². The van der Waals surface area contributed by atoms with Crippen LogP contribution in [0.5, 0.6) is 0 Å². The van der Waals surface area contributed by atoms with E-state index in [4.69, 9.17) is 5.84 Å². The lowest BCUT2D eigenvalue weighted by molar-refractivity contribution is -0.129. The summed E-state index contributed by atoms with van der Waals surface area (Å²) in [4.78, 5) is 0. The van der Waals surface area contributed by atoms with E-state index in [9.17, 15) is 0 Å². The molecule has 21 heavy (non-hydrogen) atoms. The molecule has 5 unspecified atom stereocenters. The largest absolute Gasteiger partial charge is 0.271 e. The van der Waals surface area contributed by atoms with Crippen LogP contribution in [0, 0.1) is 34.5 Å². The summed E-state index contributed by atoms with van der Waals surface area (Å²) in [6.45, 7) is 5.02. The van der Waals surface area contributed by atoms with Crippen molar-refractivity contribution >= 4 is 0 Å². The molecule has 5 atom stereocenters. The first-order valence-electron chi connectivity index (χ1n) is 9.48. The molecule has 0 radical (unpaired) electrons. The monoisotopic (exact) mass is 290 g/mol. The molecule has 4 bridgehead atoms. The second kappa shape index (κ2) is 4.96. The zero-order valence-electron chi connectivity index (χ0n) is 14.0. The molecule has 0 heterocycles. The standard InChI is InChI=1S/C19H34N2/c1-13-4-3-5-16(6-13)17(21-20)19-10-14-7-15(11-19)9-18(2,8-14)12-19/h13-17,21H,3-12,20H2,1-2H3. The molecule has 0 spiro atoms. The van der Waals surface area contributed by atoms with Gasteiger partial charge >= 0.3 is 0 Å². The fourth-order valence-corrected chi connectivity index (χ4v) is 7.76. The first-order chi connectivity index (χ1) is 10.0. The van der Waals surface area contributed by atoms with Crippen LogP contribution < -0.4 is 11.3 Å². The Kier molecular flexibility index (Phi) is 3.43. The van der Waals surface area contributed by atoms with Crippen molar-refractivity contribution in [3.05, 3.63) is 0 Å². The van der Waals surface area contributed by atoms with Crippen molar-refractivity contribution in [3.63, 3.8) is 0 Å². The summed E-state index contributed by atoms with van der Waals surface area (Å²) in [5, 5.41) is 0. The quantitative estimate of drug-likeness (QED) is 0.602. The SMILES string of the molecule is CC1CCCC(C(NN)C23CC4CC(CC(C)(C4)C2)C3)C1. The van der Waals surface area contributed by atoms with Crippen LogP contribution in [0.3, 0.4) is 0 Å². The summed E-state index contributed by atoms with van der Waals surface area (Å²) in [6.07, 6.45) is 14.6. The lowest BCUT2D eigenvalue weighted by atomic mass is 9.42. The molecule has 0 aromatic heterocycles. The van der Waals surface area contributed by atoms with E-state index < -0.39 is 0 Å². The van der Waals surface area contributed by atoms with Gasteiger partial charge in [0, 0.05) is 6.04 Å². The first-order valence-corrected chi connectivity index (χ1v) is 9.48. The van der Waals surface area contributed by atoms with E-state index in [0.717, 1.165) is 23.7 Å². The third kappa shape index (κ3) is 2.37. The minimum absolute atomic E-state index is 0.537. The van der Waals surface area contributed by atoms with Gasteiger partial charge in [0.25, 0.3) is 0 Å². The summed E-state index contributed by atoms with van der Waals surface area (Å²) in [5.74, 6) is 9.92. The van der Waals surface area contributed by atoms with Gasteiger partial charge in [0.05, 0.1) is 0 Å². The van der Waals surface area contributed by atoms with Crippen LogP contribution in [-0.2, 0) is 0 Å². The second-order valence-corrected chi connectivity index (χ2v) is 9.81. The molecule has 120 valence electrons. The van der Waals surface area contributed by atoms with E-state index in [1.165, 1.54) is 64.2 Å². The van der Waals surface area contributed by atoms with Gasteiger partial charge in [-0.15, -0.1) is 0 Å². The molecule has 0 aromatic rings. The summed E-state index contributed by atoms with van der Waals surface area (Å²) in [7, 11) is 0. The van der Waals surface area contributed by atoms with Crippen LogP contribution in [0.25, 0.3) is 0 Å². The molecule has 0 aliphatic heterocycles. The highest BCUT2D eigenvalue weighted by Gasteiger charge is 2.59.